The van der Waals surface area contributed by atoms with E-state index in [2.05, 4.69) is 5.16 Å². The number of carbonyl (C=O) groups is 1. The maximum atomic E-state index is 12.7. The van der Waals surface area contributed by atoms with E-state index in [1.165, 1.54) is 6.26 Å². The summed E-state index contributed by atoms with van der Waals surface area (Å²) in [6, 6.07) is -0.123. The molecule has 1 unspecified atom stereocenters. The summed E-state index contributed by atoms with van der Waals surface area (Å²) in [5.41, 5.74) is 1.23. The third kappa shape index (κ3) is 2.70. The Morgan fingerprint density at radius 1 is 1.48 bits per heavy atom. The van der Waals surface area contributed by atoms with E-state index in [0.29, 0.717) is 12.2 Å². The number of rotatable bonds is 2. The molecule has 1 amide bonds. The van der Waals surface area contributed by atoms with Gasteiger partial charge in [0.25, 0.3) is 5.91 Å². The molecule has 0 aliphatic carbocycles. The van der Waals surface area contributed by atoms with Crippen molar-refractivity contribution in [2.45, 2.75) is 38.6 Å². The van der Waals surface area contributed by atoms with Crippen molar-refractivity contribution in [3.8, 4) is 0 Å². The molecule has 6 heteroatoms. The van der Waals surface area contributed by atoms with Crippen molar-refractivity contribution in [3.05, 3.63) is 17.5 Å². The first kappa shape index (κ1) is 14.5. The number of nitrogens with zero attached hydrogens (tertiary/aromatic N) is 2. The average Bonchev–Trinajstić information content (AvgIpc) is 2.93. The van der Waals surface area contributed by atoms with Gasteiger partial charge in [0.2, 0.25) is 0 Å². The molecule has 21 heavy (non-hydrogen) atoms. The molecule has 3 heterocycles. The highest BCUT2D eigenvalue weighted by atomic mass is 16.5. The van der Waals surface area contributed by atoms with E-state index in [1.54, 1.807) is 4.90 Å². The van der Waals surface area contributed by atoms with Crippen LogP contribution < -0.4 is 0 Å². The van der Waals surface area contributed by atoms with Crippen molar-refractivity contribution in [3.63, 3.8) is 0 Å². The van der Waals surface area contributed by atoms with Gasteiger partial charge in [-0.3, -0.25) is 4.79 Å². The molecule has 0 bridgehead atoms. The molecule has 1 N–H and O–H groups in total. The van der Waals surface area contributed by atoms with E-state index in [1.807, 2.05) is 6.92 Å². The van der Waals surface area contributed by atoms with Gasteiger partial charge in [-0.15, -0.1) is 0 Å². The maximum Gasteiger partial charge on any atom is 0.276 e. The summed E-state index contributed by atoms with van der Waals surface area (Å²) in [6.45, 7) is 4.00. The number of hydrogen-bond acceptors (Lipinski definition) is 5. The summed E-state index contributed by atoms with van der Waals surface area (Å²) < 4.78 is 10.3. The van der Waals surface area contributed by atoms with Crippen LogP contribution in [0.1, 0.15) is 41.7 Å². The summed E-state index contributed by atoms with van der Waals surface area (Å²) in [5.74, 6) is -0.133. The van der Waals surface area contributed by atoms with Crippen molar-refractivity contribution in [1.29, 1.82) is 0 Å². The quantitative estimate of drug-likeness (QED) is 0.891. The zero-order chi connectivity index (χ0) is 14.9. The molecule has 6 nitrogen and oxygen atoms in total. The molecule has 0 aromatic carbocycles. The van der Waals surface area contributed by atoms with Crippen molar-refractivity contribution in [2.24, 2.45) is 5.41 Å². The van der Waals surface area contributed by atoms with Gasteiger partial charge in [0.1, 0.15) is 6.26 Å². The van der Waals surface area contributed by atoms with E-state index in [9.17, 15) is 9.90 Å². The highest BCUT2D eigenvalue weighted by Crippen LogP contribution is 2.41. The second-order valence-electron chi connectivity index (χ2n) is 6.27. The van der Waals surface area contributed by atoms with Crippen molar-refractivity contribution in [1.82, 2.24) is 10.1 Å². The summed E-state index contributed by atoms with van der Waals surface area (Å²) in [6.07, 6.45) is 5.32. The Kier molecular flexibility index (Phi) is 3.99. The lowest BCUT2D eigenvalue weighted by Gasteiger charge is -2.48. The zero-order valence-corrected chi connectivity index (χ0v) is 12.4. The van der Waals surface area contributed by atoms with E-state index < -0.39 is 0 Å². The number of amides is 1. The topological polar surface area (TPSA) is 75.8 Å². The lowest BCUT2D eigenvalue weighted by Crippen LogP contribution is -2.54. The van der Waals surface area contributed by atoms with Gasteiger partial charge < -0.3 is 19.3 Å². The summed E-state index contributed by atoms with van der Waals surface area (Å²) in [5, 5.41) is 13.4. The Morgan fingerprint density at radius 2 is 2.24 bits per heavy atom. The van der Waals surface area contributed by atoms with Gasteiger partial charge in [0.05, 0.1) is 12.6 Å². The molecule has 2 saturated heterocycles. The molecule has 2 aliphatic rings. The first-order valence-corrected chi connectivity index (χ1v) is 7.56. The minimum absolute atomic E-state index is 0.00474. The average molecular weight is 294 g/mol. The number of hydrogen-bond donors (Lipinski definition) is 1. The summed E-state index contributed by atoms with van der Waals surface area (Å²) in [4.78, 5) is 14.5. The molecule has 2 fully saturated rings. The number of aromatic nitrogens is 1. The van der Waals surface area contributed by atoms with Crippen LogP contribution in [-0.4, -0.2) is 53.5 Å². The van der Waals surface area contributed by atoms with Crippen LogP contribution in [-0.2, 0) is 4.74 Å². The third-order valence-electron chi connectivity index (χ3n) is 4.93. The summed E-state index contributed by atoms with van der Waals surface area (Å²) >= 11 is 0. The first-order chi connectivity index (χ1) is 10.2. The monoisotopic (exact) mass is 294 g/mol. The Labute approximate surface area is 124 Å². The number of likely N-dealkylation sites (tertiary alicyclic amines) is 1. The molecular weight excluding hydrogens is 272 g/mol. The lowest BCUT2D eigenvalue weighted by atomic mass is 9.72. The molecule has 1 spiro atoms. The predicted molar refractivity (Wildman–Crippen MR) is 74.9 cm³/mol. The standard InChI is InChI=1S/C15H22N2O4/c1-11-9-21-16-13(11)14(19)17-10-15(3-2-12(17)8-18)4-6-20-7-5-15/h9,12,18H,2-8,10H2,1H3. The zero-order valence-electron chi connectivity index (χ0n) is 12.4. The molecule has 0 radical (unpaired) electrons. The lowest BCUT2D eigenvalue weighted by molar-refractivity contribution is -0.0438. The third-order valence-corrected chi connectivity index (χ3v) is 4.93. The predicted octanol–water partition coefficient (Wildman–Crippen LogP) is 1.38. The highest BCUT2D eigenvalue weighted by molar-refractivity contribution is 5.93. The van der Waals surface area contributed by atoms with Crippen molar-refractivity contribution >= 4 is 5.91 Å². The molecular formula is C15H22N2O4. The van der Waals surface area contributed by atoms with E-state index in [4.69, 9.17) is 9.26 Å². The number of ether oxygens (including phenoxy) is 1. The summed E-state index contributed by atoms with van der Waals surface area (Å²) in [7, 11) is 0. The Hall–Kier alpha value is -1.40. The van der Waals surface area contributed by atoms with Gasteiger partial charge in [0, 0.05) is 25.3 Å². The fraction of sp³-hybridized carbons (Fsp3) is 0.733. The number of aliphatic hydroxyl groups is 1. The van der Waals surface area contributed by atoms with Gasteiger partial charge in [-0.2, -0.15) is 0 Å². The molecule has 3 rings (SSSR count). The van der Waals surface area contributed by atoms with Gasteiger partial charge in [-0.1, -0.05) is 5.16 Å². The second-order valence-corrected chi connectivity index (χ2v) is 6.27. The van der Waals surface area contributed by atoms with E-state index in [-0.39, 0.29) is 24.0 Å². The van der Waals surface area contributed by atoms with E-state index >= 15 is 0 Å². The Bertz CT molecular complexity index is 508. The minimum Gasteiger partial charge on any atom is -0.394 e. The first-order valence-electron chi connectivity index (χ1n) is 7.56. The largest absolute Gasteiger partial charge is 0.394 e. The second kappa shape index (κ2) is 5.77. The van der Waals surface area contributed by atoms with Crippen LogP contribution in [0, 0.1) is 12.3 Å². The van der Waals surface area contributed by atoms with Crippen LogP contribution in [0.2, 0.25) is 0 Å². The van der Waals surface area contributed by atoms with Gasteiger partial charge in [-0.05, 0) is 38.0 Å². The molecule has 116 valence electrons. The van der Waals surface area contributed by atoms with Crippen LogP contribution in [0.4, 0.5) is 0 Å². The molecule has 1 aromatic rings. The number of carbonyl (C=O) groups excluding carboxylic acids is 1. The fourth-order valence-corrected chi connectivity index (χ4v) is 3.47. The highest BCUT2D eigenvalue weighted by Gasteiger charge is 2.43. The van der Waals surface area contributed by atoms with Gasteiger partial charge in [-0.25, -0.2) is 0 Å². The van der Waals surface area contributed by atoms with Gasteiger partial charge >= 0.3 is 0 Å². The van der Waals surface area contributed by atoms with Gasteiger partial charge in [0.15, 0.2) is 5.69 Å². The minimum atomic E-state index is -0.133. The number of aryl methyl sites for hydroxylation is 1. The maximum absolute atomic E-state index is 12.7. The SMILES string of the molecule is Cc1conc1C(=O)N1CC2(CCOCC2)CCC1CO. The van der Waals surface area contributed by atoms with Crippen LogP contribution in [0.15, 0.2) is 10.8 Å². The Morgan fingerprint density at radius 3 is 2.86 bits per heavy atom. The number of piperidine rings is 1. The van der Waals surface area contributed by atoms with E-state index in [0.717, 1.165) is 44.5 Å². The smallest absolute Gasteiger partial charge is 0.276 e. The normalized spacial score (nSPS) is 25.2. The van der Waals surface area contributed by atoms with Crippen LogP contribution in [0.3, 0.4) is 0 Å². The number of aliphatic hydroxyl groups excluding tert-OH is 1. The molecule has 2 aliphatic heterocycles. The van der Waals surface area contributed by atoms with Crippen LogP contribution in [0.5, 0.6) is 0 Å². The van der Waals surface area contributed by atoms with Crippen molar-refractivity contribution in [2.75, 3.05) is 26.4 Å². The molecule has 0 saturated carbocycles. The molecule has 1 aromatic heterocycles. The Balaban J connectivity index is 1.82. The van der Waals surface area contributed by atoms with Crippen molar-refractivity contribution < 1.29 is 19.2 Å². The van der Waals surface area contributed by atoms with Crippen LogP contribution >= 0.6 is 0 Å². The fourth-order valence-electron chi connectivity index (χ4n) is 3.47. The van der Waals surface area contributed by atoms with Crippen LogP contribution in [0.25, 0.3) is 0 Å². The molecule has 1 atom stereocenters.